The van der Waals surface area contributed by atoms with Gasteiger partial charge < -0.3 is 15.4 Å². The third kappa shape index (κ3) is 6.69. The molecule has 0 saturated carbocycles. The highest BCUT2D eigenvalue weighted by Gasteiger charge is 2.20. The summed E-state index contributed by atoms with van der Waals surface area (Å²) < 4.78 is 5.59. The molecule has 0 radical (unpaired) electrons. The van der Waals surface area contributed by atoms with Gasteiger partial charge in [0.25, 0.3) is 0 Å². The third-order valence-corrected chi connectivity index (χ3v) is 5.19. The van der Waals surface area contributed by atoms with Crippen molar-refractivity contribution in [2.24, 2.45) is 0 Å². The maximum Gasteiger partial charge on any atom is 0.321 e. The zero-order valence-corrected chi connectivity index (χ0v) is 19.2. The summed E-state index contributed by atoms with van der Waals surface area (Å²) in [6.45, 7) is 2.48. The lowest BCUT2D eigenvalue weighted by molar-refractivity contribution is -0.118. The zero-order valence-electron chi connectivity index (χ0n) is 19.2. The minimum absolute atomic E-state index is 0.223. The van der Waals surface area contributed by atoms with E-state index in [1.165, 1.54) is 6.20 Å². The summed E-state index contributed by atoms with van der Waals surface area (Å²) in [6.07, 6.45) is 5.56. The summed E-state index contributed by atoms with van der Waals surface area (Å²) in [7, 11) is 0. The van der Waals surface area contributed by atoms with Crippen molar-refractivity contribution in [2.45, 2.75) is 19.4 Å². The molecule has 1 unspecified atom stereocenters. The Balaban J connectivity index is 1.39. The van der Waals surface area contributed by atoms with Gasteiger partial charge in [-0.05, 0) is 54.3 Å². The highest BCUT2D eigenvalue weighted by molar-refractivity contribution is 5.94. The average Bonchev–Trinajstić information content (AvgIpc) is 2.90. The van der Waals surface area contributed by atoms with Crippen LogP contribution >= 0.6 is 0 Å². The number of benzene rings is 2. The number of rotatable bonds is 9. The summed E-state index contributed by atoms with van der Waals surface area (Å²) in [5, 5.41) is 15.2. The molecule has 174 valence electrons. The van der Waals surface area contributed by atoms with E-state index >= 15 is 0 Å². The molecule has 2 N–H and O–H groups in total. The second-order valence-electron chi connectivity index (χ2n) is 7.87. The fourth-order valence-corrected chi connectivity index (χ4v) is 3.37. The molecule has 0 fully saturated rings. The topological polar surface area (TPSA) is 113 Å². The number of anilines is 1. The van der Waals surface area contributed by atoms with E-state index in [-0.39, 0.29) is 11.9 Å². The van der Waals surface area contributed by atoms with Crippen LogP contribution in [0.1, 0.15) is 28.3 Å². The van der Waals surface area contributed by atoms with Crippen LogP contribution in [0.25, 0.3) is 0 Å². The number of ether oxygens (including phenoxy) is 1. The molecule has 0 aliphatic rings. The smallest absolute Gasteiger partial charge is 0.321 e. The number of nitrogens with one attached hydrogen (secondary N) is 2. The number of nitriles is 1. The first-order chi connectivity index (χ1) is 17.1. The van der Waals surface area contributed by atoms with Crippen molar-refractivity contribution in [1.29, 1.82) is 5.26 Å². The Morgan fingerprint density at radius 3 is 2.37 bits per heavy atom. The highest BCUT2D eigenvalue weighted by atomic mass is 16.5. The molecular formula is C27H24N6O2. The predicted octanol–water partition coefficient (Wildman–Crippen LogP) is 4.36. The number of pyridine rings is 1. The van der Waals surface area contributed by atoms with E-state index in [4.69, 9.17) is 10.00 Å². The lowest BCUT2D eigenvalue weighted by Crippen LogP contribution is -2.34. The van der Waals surface area contributed by atoms with Gasteiger partial charge in [0.05, 0.1) is 17.8 Å². The van der Waals surface area contributed by atoms with E-state index in [0.29, 0.717) is 30.1 Å². The van der Waals surface area contributed by atoms with Crippen LogP contribution in [-0.2, 0) is 11.2 Å². The molecule has 4 rings (SSSR count). The second-order valence-corrected chi connectivity index (χ2v) is 7.87. The van der Waals surface area contributed by atoms with Crippen molar-refractivity contribution in [3.63, 3.8) is 0 Å². The molecule has 0 saturated heterocycles. The van der Waals surface area contributed by atoms with Gasteiger partial charge in [-0.1, -0.05) is 42.5 Å². The Morgan fingerprint density at radius 1 is 0.971 bits per heavy atom. The van der Waals surface area contributed by atoms with E-state index in [9.17, 15) is 4.79 Å². The van der Waals surface area contributed by atoms with Crippen molar-refractivity contribution in [1.82, 2.24) is 20.3 Å². The Hall–Kier alpha value is -4.61. The molecule has 1 atom stereocenters. The maximum absolute atomic E-state index is 13.1. The van der Waals surface area contributed by atoms with Gasteiger partial charge in [0.1, 0.15) is 17.6 Å². The minimum Gasteiger partial charge on any atom is -0.423 e. The van der Waals surface area contributed by atoms with E-state index < -0.39 is 6.04 Å². The molecule has 2 aromatic carbocycles. The Labute approximate surface area is 203 Å². The first kappa shape index (κ1) is 23.5. The molecule has 2 aromatic heterocycles. The summed E-state index contributed by atoms with van der Waals surface area (Å²) in [5.74, 6) is 0.646. The van der Waals surface area contributed by atoms with Crippen LogP contribution in [0, 0.1) is 18.3 Å². The SMILES string of the molecule is Cc1cnc(Oc2ccc(NC(=O)C(NCCc3ccc(C#N)cc3)c3ccccc3)nc2)nc1. The van der Waals surface area contributed by atoms with E-state index in [0.717, 1.165) is 16.7 Å². The van der Waals surface area contributed by atoms with Crippen molar-refractivity contribution in [3.05, 3.63) is 108 Å². The van der Waals surface area contributed by atoms with E-state index in [1.807, 2.05) is 49.4 Å². The molecule has 35 heavy (non-hydrogen) atoms. The molecule has 0 aliphatic heterocycles. The van der Waals surface area contributed by atoms with Crippen LogP contribution in [0.15, 0.2) is 85.3 Å². The van der Waals surface area contributed by atoms with Crippen LogP contribution in [0.2, 0.25) is 0 Å². The molecule has 8 heteroatoms. The van der Waals surface area contributed by atoms with Gasteiger partial charge in [-0.25, -0.2) is 15.0 Å². The largest absolute Gasteiger partial charge is 0.423 e. The number of nitrogens with zero attached hydrogens (tertiary/aromatic N) is 4. The molecule has 0 aliphatic carbocycles. The maximum atomic E-state index is 13.1. The van der Waals surface area contributed by atoms with E-state index in [1.54, 1.807) is 36.7 Å². The zero-order chi connectivity index (χ0) is 24.5. The lowest BCUT2D eigenvalue weighted by atomic mass is 10.1. The van der Waals surface area contributed by atoms with Crippen molar-refractivity contribution >= 4 is 11.7 Å². The average molecular weight is 465 g/mol. The molecule has 1 amide bonds. The Bertz CT molecular complexity index is 1290. The van der Waals surface area contributed by atoms with Crippen LogP contribution in [0.5, 0.6) is 11.8 Å². The third-order valence-electron chi connectivity index (χ3n) is 5.19. The molecule has 0 bridgehead atoms. The lowest BCUT2D eigenvalue weighted by Gasteiger charge is -2.19. The summed E-state index contributed by atoms with van der Waals surface area (Å²) in [6, 6.07) is 22.1. The summed E-state index contributed by atoms with van der Waals surface area (Å²) in [5.41, 5.74) is 3.49. The fourth-order valence-electron chi connectivity index (χ4n) is 3.37. The monoisotopic (exact) mass is 464 g/mol. The van der Waals surface area contributed by atoms with E-state index in [2.05, 4.69) is 31.7 Å². The van der Waals surface area contributed by atoms with Gasteiger partial charge in [-0.15, -0.1) is 0 Å². The minimum atomic E-state index is -0.562. The first-order valence-corrected chi connectivity index (χ1v) is 11.1. The van der Waals surface area contributed by atoms with Gasteiger partial charge >= 0.3 is 6.01 Å². The molecular weight excluding hydrogens is 440 g/mol. The first-order valence-electron chi connectivity index (χ1n) is 11.1. The van der Waals surface area contributed by atoms with Crippen LogP contribution in [0.3, 0.4) is 0 Å². The second kappa shape index (κ2) is 11.5. The van der Waals surface area contributed by atoms with Crippen molar-refractivity contribution in [2.75, 3.05) is 11.9 Å². The number of aryl methyl sites for hydroxylation is 1. The summed E-state index contributed by atoms with van der Waals surface area (Å²) in [4.78, 5) is 25.6. The quantitative estimate of drug-likeness (QED) is 0.378. The Morgan fingerprint density at radius 2 is 1.71 bits per heavy atom. The molecule has 0 spiro atoms. The van der Waals surface area contributed by atoms with Crippen LogP contribution < -0.4 is 15.4 Å². The van der Waals surface area contributed by atoms with Gasteiger partial charge in [0, 0.05) is 18.9 Å². The standard InChI is InChI=1S/C27H24N6O2/c1-19-16-31-27(32-17-19)35-23-11-12-24(30-18-23)33-26(34)25(22-5-3-2-4-6-22)29-14-13-20-7-9-21(15-28)10-8-20/h2-12,16-18,25,29H,13-14H2,1H3,(H,30,33,34). The Kier molecular flexibility index (Phi) is 7.73. The van der Waals surface area contributed by atoms with Crippen LogP contribution in [0.4, 0.5) is 5.82 Å². The number of carbonyl (C=O) groups is 1. The van der Waals surface area contributed by atoms with Crippen molar-refractivity contribution < 1.29 is 9.53 Å². The molecule has 8 nitrogen and oxygen atoms in total. The number of hydrogen-bond donors (Lipinski definition) is 2. The fraction of sp³-hybridized carbons (Fsp3) is 0.148. The molecule has 2 heterocycles. The molecule has 4 aromatic rings. The normalized spacial score (nSPS) is 11.3. The van der Waals surface area contributed by atoms with Crippen LogP contribution in [-0.4, -0.2) is 27.4 Å². The number of amides is 1. The predicted molar refractivity (Wildman–Crippen MR) is 132 cm³/mol. The summed E-state index contributed by atoms with van der Waals surface area (Å²) >= 11 is 0. The van der Waals surface area contributed by atoms with Gasteiger partial charge in [-0.3, -0.25) is 4.79 Å². The van der Waals surface area contributed by atoms with Gasteiger partial charge in [0.15, 0.2) is 0 Å². The van der Waals surface area contributed by atoms with Crippen molar-refractivity contribution in [3.8, 4) is 17.8 Å². The highest BCUT2D eigenvalue weighted by Crippen LogP contribution is 2.20. The number of carbonyl (C=O) groups excluding carboxylic acids is 1. The van der Waals surface area contributed by atoms with Gasteiger partial charge in [0.2, 0.25) is 5.91 Å². The van der Waals surface area contributed by atoms with Gasteiger partial charge in [-0.2, -0.15) is 5.26 Å². The number of aromatic nitrogens is 3. The number of hydrogen-bond acceptors (Lipinski definition) is 7.